The largest absolute Gasteiger partial charge is 0.506 e. The highest BCUT2D eigenvalue weighted by atomic mass is 16.6. The highest BCUT2D eigenvalue weighted by Gasteiger charge is 2.23. The van der Waals surface area contributed by atoms with Crippen LogP contribution in [0.3, 0.4) is 0 Å². The summed E-state index contributed by atoms with van der Waals surface area (Å²) in [5.74, 6) is 0.103. The molecular weight excluding hydrogens is 733 g/mol. The van der Waals surface area contributed by atoms with Crippen LogP contribution in [-0.4, -0.2) is 90.2 Å². The van der Waals surface area contributed by atoms with Gasteiger partial charge in [0.25, 0.3) is 0 Å². The SMILES string of the molecule is CN(CCCCC(=O)Nc1ccc(CCNCCc2ccc(O)c3[nH]c(=O)ccc23)cc1)C(=O)CCN1CCC(OC(=O)Nc2ccccc2-c2ccccc2)CC1. The van der Waals surface area contributed by atoms with Crippen LogP contribution in [0.4, 0.5) is 16.2 Å². The van der Waals surface area contributed by atoms with Crippen molar-refractivity contribution in [3.8, 4) is 16.9 Å². The number of nitrogens with zero attached hydrogens (tertiary/aromatic N) is 2. The minimum Gasteiger partial charge on any atom is -0.506 e. The van der Waals surface area contributed by atoms with Gasteiger partial charge in [-0.2, -0.15) is 0 Å². The number of phenols is 1. The average Bonchev–Trinajstić information content (AvgIpc) is 3.23. The monoisotopic (exact) mass is 786 g/mol. The van der Waals surface area contributed by atoms with Gasteiger partial charge in [-0.25, -0.2) is 4.79 Å². The standard InChI is InChI=1S/C46H54N6O6/c1-51(44(56)26-32-52-30-24-37(25-31-52)58-46(57)49-40-12-6-5-11-38(40)34-9-3-2-4-10-34)29-8-7-13-42(54)48-36-17-14-33(15-18-36)22-27-47-28-23-35-16-20-41(53)45-39(35)19-21-43(55)50-45/h2-6,9-12,14-21,37,47,53H,7-8,13,22-32H2,1H3,(H,48,54)(H,49,57)(H,50,55). The third-order valence-electron chi connectivity index (χ3n) is 10.6. The van der Waals surface area contributed by atoms with Gasteiger partial charge in [0.1, 0.15) is 11.9 Å². The number of anilines is 2. The van der Waals surface area contributed by atoms with E-state index in [1.54, 1.807) is 17.0 Å². The molecule has 0 bridgehead atoms. The molecule has 1 fully saturated rings. The molecule has 2 heterocycles. The van der Waals surface area contributed by atoms with E-state index in [4.69, 9.17) is 4.74 Å². The number of aromatic hydroxyl groups is 1. The van der Waals surface area contributed by atoms with E-state index in [1.165, 1.54) is 6.07 Å². The summed E-state index contributed by atoms with van der Waals surface area (Å²) in [6.07, 6.45) is 4.64. The van der Waals surface area contributed by atoms with Crippen molar-refractivity contribution >= 4 is 40.2 Å². The number of pyridine rings is 1. The van der Waals surface area contributed by atoms with Gasteiger partial charge >= 0.3 is 6.09 Å². The minimum absolute atomic E-state index is 0.0453. The zero-order valence-electron chi connectivity index (χ0n) is 33.2. The van der Waals surface area contributed by atoms with E-state index in [0.29, 0.717) is 43.6 Å². The predicted molar refractivity (Wildman–Crippen MR) is 229 cm³/mol. The lowest BCUT2D eigenvalue weighted by atomic mass is 10.0. The second kappa shape index (κ2) is 21.0. The van der Waals surface area contributed by atoms with Crippen LogP contribution in [0.5, 0.6) is 5.75 Å². The Morgan fingerprint density at radius 1 is 0.828 bits per heavy atom. The molecule has 0 saturated carbocycles. The van der Waals surface area contributed by atoms with E-state index < -0.39 is 6.09 Å². The van der Waals surface area contributed by atoms with E-state index in [2.05, 4.69) is 25.8 Å². The van der Waals surface area contributed by atoms with E-state index in [1.807, 2.05) is 92.0 Å². The number of para-hydroxylation sites is 1. The number of H-pyrrole nitrogens is 1. The molecule has 4 aromatic carbocycles. The normalized spacial score (nSPS) is 13.3. The van der Waals surface area contributed by atoms with Gasteiger partial charge in [-0.3, -0.25) is 19.7 Å². The van der Waals surface area contributed by atoms with Crippen LogP contribution in [0.1, 0.15) is 49.7 Å². The summed E-state index contributed by atoms with van der Waals surface area (Å²) in [4.78, 5) is 56.5. The zero-order valence-corrected chi connectivity index (χ0v) is 33.2. The Balaban J connectivity index is 0.795. The summed E-state index contributed by atoms with van der Waals surface area (Å²) in [6.45, 7) is 4.32. The Bertz CT molecular complexity index is 2180. The van der Waals surface area contributed by atoms with Gasteiger partial charge in [0, 0.05) is 68.8 Å². The molecule has 1 aliphatic heterocycles. The van der Waals surface area contributed by atoms with Crippen LogP contribution in [0.15, 0.2) is 108 Å². The van der Waals surface area contributed by atoms with Crippen LogP contribution < -0.4 is 21.5 Å². The Kier molecular flexibility index (Phi) is 15.1. The number of aromatic nitrogens is 1. The molecule has 5 N–H and O–H groups in total. The lowest BCUT2D eigenvalue weighted by molar-refractivity contribution is -0.130. The number of likely N-dealkylation sites (tertiary alicyclic amines) is 1. The summed E-state index contributed by atoms with van der Waals surface area (Å²) in [6, 6.07) is 32.2. The van der Waals surface area contributed by atoms with Crippen molar-refractivity contribution in [1.29, 1.82) is 0 Å². The third-order valence-corrected chi connectivity index (χ3v) is 10.6. The molecule has 5 aromatic rings. The number of piperidine rings is 1. The molecule has 0 aliphatic carbocycles. The van der Waals surface area contributed by atoms with Crippen molar-refractivity contribution in [2.75, 3.05) is 56.9 Å². The maximum Gasteiger partial charge on any atom is 0.411 e. The molecule has 0 spiro atoms. The molecule has 3 amide bonds. The lowest BCUT2D eigenvalue weighted by Crippen LogP contribution is -2.40. The lowest BCUT2D eigenvalue weighted by Gasteiger charge is -2.31. The molecule has 1 aromatic heterocycles. The topological polar surface area (TPSA) is 156 Å². The Labute approximate surface area is 339 Å². The molecule has 12 nitrogen and oxygen atoms in total. The van der Waals surface area contributed by atoms with E-state index in [0.717, 1.165) is 91.6 Å². The van der Waals surface area contributed by atoms with E-state index in [-0.39, 0.29) is 29.2 Å². The molecule has 12 heteroatoms. The number of hydrogen-bond acceptors (Lipinski definition) is 8. The molecule has 0 radical (unpaired) electrons. The van der Waals surface area contributed by atoms with Crippen LogP contribution >= 0.6 is 0 Å². The second-order valence-electron chi connectivity index (χ2n) is 14.9. The fourth-order valence-electron chi connectivity index (χ4n) is 7.28. The molecule has 0 unspecified atom stereocenters. The summed E-state index contributed by atoms with van der Waals surface area (Å²) >= 11 is 0. The van der Waals surface area contributed by atoms with Gasteiger partial charge in [-0.05, 0) is 98.6 Å². The Morgan fingerprint density at radius 3 is 2.36 bits per heavy atom. The quantitative estimate of drug-likeness (QED) is 0.0599. The number of carbonyl (C=O) groups excluding carboxylic acids is 3. The number of aromatic amines is 1. The molecule has 1 saturated heterocycles. The fraction of sp³-hybridized carbons (Fsp3) is 0.348. The summed E-state index contributed by atoms with van der Waals surface area (Å²) in [7, 11) is 1.82. The van der Waals surface area contributed by atoms with Crippen molar-refractivity contribution in [3.05, 3.63) is 125 Å². The number of fused-ring (bicyclic) bond motifs is 1. The van der Waals surface area contributed by atoms with Crippen molar-refractivity contribution in [2.24, 2.45) is 0 Å². The highest BCUT2D eigenvalue weighted by Crippen LogP contribution is 2.28. The van der Waals surface area contributed by atoms with Crippen LogP contribution in [0.2, 0.25) is 0 Å². The summed E-state index contributed by atoms with van der Waals surface area (Å²) < 4.78 is 5.76. The maximum atomic E-state index is 12.8. The first-order valence-corrected chi connectivity index (χ1v) is 20.2. The Hall–Kier alpha value is -5.98. The number of phenolic OH excluding ortho intramolecular Hbond substituents is 1. The number of rotatable bonds is 18. The molecule has 6 rings (SSSR count). The van der Waals surface area contributed by atoms with Gasteiger partial charge in [0.2, 0.25) is 17.4 Å². The van der Waals surface area contributed by atoms with Crippen molar-refractivity contribution < 1.29 is 24.2 Å². The average molecular weight is 787 g/mol. The van der Waals surface area contributed by atoms with Gasteiger partial charge in [-0.1, -0.05) is 66.7 Å². The zero-order chi connectivity index (χ0) is 40.7. The van der Waals surface area contributed by atoms with Gasteiger partial charge < -0.3 is 35.3 Å². The smallest absolute Gasteiger partial charge is 0.411 e. The van der Waals surface area contributed by atoms with Gasteiger partial charge in [0.05, 0.1) is 11.2 Å². The third kappa shape index (κ3) is 12.3. The minimum atomic E-state index is -0.456. The van der Waals surface area contributed by atoms with Crippen LogP contribution in [0, 0.1) is 0 Å². The number of amides is 3. The number of nitrogens with one attached hydrogen (secondary N) is 4. The first kappa shape index (κ1) is 41.6. The predicted octanol–water partition coefficient (Wildman–Crippen LogP) is 6.95. The van der Waals surface area contributed by atoms with Crippen molar-refractivity contribution in [2.45, 2.75) is 57.5 Å². The van der Waals surface area contributed by atoms with Gasteiger partial charge in [-0.15, -0.1) is 0 Å². The summed E-state index contributed by atoms with van der Waals surface area (Å²) in [5, 5.41) is 20.3. The van der Waals surface area contributed by atoms with Gasteiger partial charge in [0.15, 0.2) is 0 Å². The van der Waals surface area contributed by atoms with Crippen LogP contribution in [0.25, 0.3) is 22.0 Å². The fourth-order valence-corrected chi connectivity index (χ4v) is 7.28. The first-order valence-electron chi connectivity index (χ1n) is 20.2. The Morgan fingerprint density at radius 2 is 1.57 bits per heavy atom. The van der Waals surface area contributed by atoms with E-state index in [9.17, 15) is 24.3 Å². The van der Waals surface area contributed by atoms with Crippen molar-refractivity contribution in [3.63, 3.8) is 0 Å². The van der Waals surface area contributed by atoms with Crippen LogP contribution in [-0.2, 0) is 27.2 Å². The molecule has 58 heavy (non-hydrogen) atoms. The summed E-state index contributed by atoms with van der Waals surface area (Å²) in [5.41, 5.74) is 5.86. The van der Waals surface area contributed by atoms with E-state index >= 15 is 0 Å². The second-order valence-corrected chi connectivity index (χ2v) is 14.9. The first-order chi connectivity index (χ1) is 28.2. The number of benzene rings is 4. The number of hydrogen-bond donors (Lipinski definition) is 5. The van der Waals surface area contributed by atoms with Crippen molar-refractivity contribution in [1.82, 2.24) is 20.1 Å². The molecule has 1 aliphatic rings. The molecule has 0 atom stereocenters. The highest BCUT2D eigenvalue weighted by molar-refractivity contribution is 5.92. The molecular formula is C46H54N6O6. The number of unbranched alkanes of at least 4 members (excludes halogenated alkanes) is 1. The number of ether oxygens (including phenoxy) is 1. The number of carbonyl (C=O) groups is 3. The maximum absolute atomic E-state index is 12.8. The molecule has 304 valence electrons.